The molecule has 0 aliphatic carbocycles. The Bertz CT molecular complexity index is 805. The monoisotopic (exact) mass is 374 g/mol. The van der Waals surface area contributed by atoms with Gasteiger partial charge in [-0.15, -0.1) is 5.10 Å². The van der Waals surface area contributed by atoms with Gasteiger partial charge < -0.3 is 14.2 Å². The fraction of sp³-hybridized carbons (Fsp3) is 0.357. The molecule has 0 aliphatic rings. The van der Waals surface area contributed by atoms with Gasteiger partial charge in [0, 0.05) is 13.8 Å². The molecule has 0 aliphatic heterocycles. The number of ether oxygens (including phenoxy) is 3. The van der Waals surface area contributed by atoms with Crippen LogP contribution < -0.4 is 4.74 Å². The maximum atomic E-state index is 13.0. The normalized spacial score (nSPS) is 11.3. The summed E-state index contributed by atoms with van der Waals surface area (Å²) in [6.07, 6.45) is -6.32. The van der Waals surface area contributed by atoms with Crippen LogP contribution in [0.25, 0.3) is 5.69 Å². The summed E-state index contributed by atoms with van der Waals surface area (Å²) in [6, 6.07) is 3.71. The first kappa shape index (κ1) is 19.1. The van der Waals surface area contributed by atoms with Crippen LogP contribution in [0.2, 0.25) is 0 Å². The Hall–Kier alpha value is -3.18. The van der Waals surface area contributed by atoms with Crippen LogP contribution in [0, 0.1) is 0 Å². The molecule has 0 bridgehead atoms. The van der Waals surface area contributed by atoms with Crippen LogP contribution >= 0.6 is 0 Å². The SMILES string of the molecule is COc1ccc(-n2nnnc2C(F)(F)F)cc1C(OC(C)=O)OC(C)=O. The lowest BCUT2D eigenvalue weighted by Crippen LogP contribution is -2.17. The molecule has 2 rings (SSSR count). The number of aromatic nitrogens is 4. The van der Waals surface area contributed by atoms with Crippen LogP contribution in [-0.4, -0.2) is 39.3 Å². The second-order valence-electron chi connectivity index (χ2n) is 4.89. The Labute approximate surface area is 144 Å². The van der Waals surface area contributed by atoms with E-state index < -0.39 is 30.2 Å². The minimum Gasteiger partial charge on any atom is -0.496 e. The molecular formula is C14H13F3N4O5. The van der Waals surface area contributed by atoms with E-state index in [2.05, 4.69) is 15.5 Å². The number of esters is 2. The van der Waals surface area contributed by atoms with E-state index in [1.807, 2.05) is 0 Å². The van der Waals surface area contributed by atoms with Gasteiger partial charge in [0.15, 0.2) is 0 Å². The number of halogens is 3. The van der Waals surface area contributed by atoms with Crippen LogP contribution in [0.15, 0.2) is 18.2 Å². The van der Waals surface area contributed by atoms with Gasteiger partial charge in [-0.3, -0.25) is 9.59 Å². The molecule has 0 unspecified atom stereocenters. The fourth-order valence-corrected chi connectivity index (χ4v) is 2.03. The molecule has 9 nitrogen and oxygen atoms in total. The zero-order chi connectivity index (χ0) is 19.5. The van der Waals surface area contributed by atoms with Crippen molar-refractivity contribution in [2.24, 2.45) is 0 Å². The molecule has 0 N–H and O–H groups in total. The van der Waals surface area contributed by atoms with Crippen molar-refractivity contribution in [2.45, 2.75) is 26.3 Å². The molecular weight excluding hydrogens is 361 g/mol. The van der Waals surface area contributed by atoms with E-state index in [-0.39, 0.29) is 17.0 Å². The van der Waals surface area contributed by atoms with Gasteiger partial charge in [0.2, 0.25) is 0 Å². The first-order valence-corrected chi connectivity index (χ1v) is 7.01. The summed E-state index contributed by atoms with van der Waals surface area (Å²) in [5.74, 6) is -2.79. The first-order chi connectivity index (χ1) is 12.1. The second-order valence-corrected chi connectivity index (χ2v) is 4.89. The number of hydrogen-bond donors (Lipinski definition) is 0. The third-order valence-corrected chi connectivity index (χ3v) is 2.98. The van der Waals surface area contributed by atoms with E-state index >= 15 is 0 Å². The van der Waals surface area contributed by atoms with Crippen LogP contribution in [-0.2, 0) is 25.2 Å². The number of alkyl halides is 3. The van der Waals surface area contributed by atoms with Gasteiger partial charge in [0.05, 0.1) is 18.4 Å². The van der Waals surface area contributed by atoms with Crippen molar-refractivity contribution in [3.63, 3.8) is 0 Å². The minimum atomic E-state index is -4.80. The molecule has 0 radical (unpaired) electrons. The summed E-state index contributed by atoms with van der Waals surface area (Å²) < 4.78 is 54.3. The van der Waals surface area contributed by atoms with Crippen molar-refractivity contribution >= 4 is 11.9 Å². The summed E-state index contributed by atoms with van der Waals surface area (Å²) in [5, 5.41) is 9.28. The smallest absolute Gasteiger partial charge is 0.453 e. The van der Waals surface area contributed by atoms with E-state index in [1.54, 1.807) is 0 Å². The maximum absolute atomic E-state index is 13.0. The first-order valence-electron chi connectivity index (χ1n) is 7.01. The highest BCUT2D eigenvalue weighted by Crippen LogP contribution is 2.33. The number of nitrogens with zero attached hydrogens (tertiary/aromatic N) is 4. The molecule has 26 heavy (non-hydrogen) atoms. The van der Waals surface area contributed by atoms with Crippen molar-refractivity contribution < 1.29 is 37.0 Å². The molecule has 0 fully saturated rings. The Morgan fingerprint density at radius 3 is 2.27 bits per heavy atom. The Morgan fingerprint density at radius 1 is 1.15 bits per heavy atom. The average Bonchev–Trinajstić information content (AvgIpc) is 3.02. The van der Waals surface area contributed by atoms with Gasteiger partial charge >= 0.3 is 18.1 Å². The molecule has 0 atom stereocenters. The summed E-state index contributed by atoms with van der Waals surface area (Å²) >= 11 is 0. The minimum absolute atomic E-state index is 0.000903. The Morgan fingerprint density at radius 2 is 1.77 bits per heavy atom. The lowest BCUT2D eigenvalue weighted by Gasteiger charge is -2.20. The van der Waals surface area contributed by atoms with Crippen molar-refractivity contribution in [1.29, 1.82) is 0 Å². The quantitative estimate of drug-likeness (QED) is 0.576. The lowest BCUT2D eigenvalue weighted by atomic mass is 10.1. The van der Waals surface area contributed by atoms with Crippen LogP contribution in [0.3, 0.4) is 0 Å². The summed E-state index contributed by atoms with van der Waals surface area (Å²) in [7, 11) is 1.29. The number of methoxy groups -OCH3 is 1. The number of carbonyl (C=O) groups excluding carboxylic acids is 2. The molecule has 1 aromatic heterocycles. The zero-order valence-corrected chi connectivity index (χ0v) is 13.8. The molecule has 2 aromatic rings. The number of benzene rings is 1. The number of rotatable bonds is 5. The van der Waals surface area contributed by atoms with E-state index in [0.717, 1.165) is 19.9 Å². The van der Waals surface area contributed by atoms with Gasteiger partial charge in [-0.2, -0.15) is 17.9 Å². The summed E-state index contributed by atoms with van der Waals surface area (Å²) in [6.45, 7) is 2.16. The number of tetrazole rings is 1. The maximum Gasteiger partial charge on any atom is 0.453 e. The van der Waals surface area contributed by atoms with Gasteiger partial charge in [-0.05, 0) is 28.6 Å². The third kappa shape index (κ3) is 4.26. The molecule has 0 amide bonds. The highest BCUT2D eigenvalue weighted by molar-refractivity contribution is 5.69. The van der Waals surface area contributed by atoms with Crippen molar-refractivity contribution in [1.82, 2.24) is 20.2 Å². The van der Waals surface area contributed by atoms with Gasteiger partial charge in [-0.1, -0.05) is 0 Å². The molecule has 0 saturated carbocycles. The molecule has 1 aromatic carbocycles. The molecule has 1 heterocycles. The van der Waals surface area contributed by atoms with Crippen molar-refractivity contribution in [3.8, 4) is 11.4 Å². The predicted molar refractivity (Wildman–Crippen MR) is 77.0 cm³/mol. The summed E-state index contributed by atoms with van der Waals surface area (Å²) in [4.78, 5) is 22.5. The number of carbonyl (C=O) groups is 2. The molecule has 0 spiro atoms. The Kier molecular flexibility index (Phi) is 5.43. The van der Waals surface area contributed by atoms with Crippen molar-refractivity contribution in [2.75, 3.05) is 7.11 Å². The van der Waals surface area contributed by atoms with E-state index in [9.17, 15) is 22.8 Å². The standard InChI is InChI=1S/C14H13F3N4O5/c1-7(22)25-12(26-8(2)23)10-6-9(4-5-11(10)24-3)21-13(14(15,16)17)18-19-20-21/h4-6,12H,1-3H3. The van der Waals surface area contributed by atoms with Gasteiger partial charge in [-0.25, -0.2) is 0 Å². The van der Waals surface area contributed by atoms with Crippen LogP contribution in [0.4, 0.5) is 13.2 Å². The average molecular weight is 374 g/mol. The second kappa shape index (κ2) is 7.37. The third-order valence-electron chi connectivity index (χ3n) is 2.98. The largest absolute Gasteiger partial charge is 0.496 e. The zero-order valence-electron chi connectivity index (χ0n) is 13.8. The van der Waals surface area contributed by atoms with Gasteiger partial charge in [0.1, 0.15) is 5.75 Å². The summed E-state index contributed by atoms with van der Waals surface area (Å²) in [5.41, 5.74) is -0.110. The Balaban J connectivity index is 2.56. The highest BCUT2D eigenvalue weighted by Gasteiger charge is 2.38. The molecule has 0 saturated heterocycles. The molecule has 140 valence electrons. The van der Waals surface area contributed by atoms with E-state index in [1.165, 1.54) is 19.2 Å². The van der Waals surface area contributed by atoms with E-state index in [4.69, 9.17) is 14.2 Å². The number of hydrogen-bond acceptors (Lipinski definition) is 8. The fourth-order valence-electron chi connectivity index (χ4n) is 2.03. The molecule has 12 heteroatoms. The van der Waals surface area contributed by atoms with Crippen LogP contribution in [0.1, 0.15) is 31.5 Å². The highest BCUT2D eigenvalue weighted by atomic mass is 19.4. The van der Waals surface area contributed by atoms with Crippen molar-refractivity contribution in [3.05, 3.63) is 29.6 Å². The predicted octanol–water partition coefficient (Wildman–Crippen LogP) is 1.81. The van der Waals surface area contributed by atoms with E-state index in [0.29, 0.717) is 4.68 Å². The lowest BCUT2D eigenvalue weighted by molar-refractivity contribution is -0.186. The topological polar surface area (TPSA) is 105 Å². The van der Waals surface area contributed by atoms with Crippen LogP contribution in [0.5, 0.6) is 5.75 Å². The van der Waals surface area contributed by atoms with Gasteiger partial charge in [0.25, 0.3) is 12.1 Å².